The minimum Gasteiger partial charge on any atom is -0.386 e. The quantitative estimate of drug-likeness (QED) is 0.827. The molecule has 5 heteroatoms. The van der Waals surface area contributed by atoms with Crippen LogP contribution in [0.25, 0.3) is 0 Å². The highest BCUT2D eigenvalue weighted by atomic mass is 32.1. The van der Waals surface area contributed by atoms with Gasteiger partial charge in [0.1, 0.15) is 5.60 Å². The molecule has 90 valence electrons. The van der Waals surface area contributed by atoms with Crippen molar-refractivity contribution in [3.8, 4) is 0 Å². The van der Waals surface area contributed by atoms with Gasteiger partial charge in [-0.25, -0.2) is 4.98 Å². The molecule has 2 N–H and O–H groups in total. The Labute approximate surface area is 99.7 Å². The number of aliphatic hydroxyl groups is 1. The number of hydrogen-bond acceptors (Lipinski definition) is 5. The molecule has 0 spiro atoms. The first kappa shape index (κ1) is 12.0. The predicted octanol–water partition coefficient (Wildman–Crippen LogP) is 1.00. The molecular weight excluding hydrogens is 224 g/mol. The van der Waals surface area contributed by atoms with Gasteiger partial charge in [0.25, 0.3) is 0 Å². The third-order valence-electron chi connectivity index (χ3n) is 2.82. The molecule has 1 aromatic heterocycles. The Kier molecular flexibility index (Phi) is 3.59. The number of thiazole rings is 1. The molecule has 1 aliphatic rings. The number of nitrogens with one attached hydrogen (secondary N) is 1. The average Bonchev–Trinajstić information content (AvgIpc) is 2.75. The van der Waals surface area contributed by atoms with Crippen molar-refractivity contribution in [1.29, 1.82) is 0 Å². The molecule has 0 amide bonds. The van der Waals surface area contributed by atoms with Gasteiger partial charge < -0.3 is 15.2 Å². The minimum absolute atomic E-state index is 0.445. The molecule has 0 aliphatic carbocycles. The molecule has 16 heavy (non-hydrogen) atoms. The Bertz CT molecular complexity index is 359. The lowest BCUT2D eigenvalue weighted by Gasteiger charge is -2.20. The van der Waals surface area contributed by atoms with Crippen LogP contribution in [0.2, 0.25) is 0 Å². The van der Waals surface area contributed by atoms with Crippen LogP contribution in [0.15, 0.2) is 0 Å². The second kappa shape index (κ2) is 4.79. The molecule has 0 bridgehead atoms. The van der Waals surface area contributed by atoms with Crippen molar-refractivity contribution in [1.82, 2.24) is 10.3 Å². The molecule has 1 saturated heterocycles. The zero-order chi connectivity index (χ0) is 11.6. The normalized spacial score (nSPS) is 25.2. The van der Waals surface area contributed by atoms with E-state index in [1.807, 2.05) is 13.8 Å². The van der Waals surface area contributed by atoms with Crippen molar-refractivity contribution < 1.29 is 9.84 Å². The van der Waals surface area contributed by atoms with Crippen molar-refractivity contribution in [2.24, 2.45) is 0 Å². The van der Waals surface area contributed by atoms with E-state index in [0.717, 1.165) is 23.7 Å². The zero-order valence-corrected chi connectivity index (χ0v) is 10.6. The number of nitrogens with zero attached hydrogens (tertiary/aromatic N) is 1. The third-order valence-corrected chi connectivity index (χ3v) is 3.89. The van der Waals surface area contributed by atoms with Crippen LogP contribution in [-0.2, 0) is 11.3 Å². The first-order valence-corrected chi connectivity index (χ1v) is 6.34. The molecule has 0 radical (unpaired) electrons. The maximum atomic E-state index is 10.0. The van der Waals surface area contributed by atoms with Crippen molar-refractivity contribution in [2.45, 2.75) is 32.4 Å². The van der Waals surface area contributed by atoms with Gasteiger partial charge in [-0.2, -0.15) is 0 Å². The molecule has 2 rings (SSSR count). The highest BCUT2D eigenvalue weighted by Crippen LogP contribution is 2.19. The van der Waals surface area contributed by atoms with E-state index in [2.05, 4.69) is 10.3 Å². The molecule has 1 aromatic rings. The summed E-state index contributed by atoms with van der Waals surface area (Å²) in [7, 11) is 0. The van der Waals surface area contributed by atoms with Crippen molar-refractivity contribution in [2.75, 3.05) is 19.8 Å². The molecule has 2 heterocycles. The van der Waals surface area contributed by atoms with Crippen LogP contribution in [0.1, 0.15) is 22.0 Å². The fraction of sp³-hybridized carbons (Fsp3) is 0.727. The van der Waals surface area contributed by atoms with E-state index in [4.69, 9.17) is 4.74 Å². The number of aromatic nitrogens is 1. The summed E-state index contributed by atoms with van der Waals surface area (Å²) in [4.78, 5) is 5.62. The molecule has 0 aromatic carbocycles. The van der Waals surface area contributed by atoms with Gasteiger partial charge in [-0.05, 0) is 13.8 Å². The Morgan fingerprint density at radius 1 is 1.56 bits per heavy atom. The maximum absolute atomic E-state index is 10.0. The van der Waals surface area contributed by atoms with Crippen LogP contribution in [-0.4, -0.2) is 35.5 Å². The topological polar surface area (TPSA) is 54.4 Å². The van der Waals surface area contributed by atoms with Crippen LogP contribution in [0, 0.1) is 13.8 Å². The lowest BCUT2D eigenvalue weighted by molar-refractivity contribution is 0.0269. The lowest BCUT2D eigenvalue weighted by atomic mass is 10.0. The first-order valence-electron chi connectivity index (χ1n) is 5.53. The van der Waals surface area contributed by atoms with Gasteiger partial charge in [0, 0.05) is 31.0 Å². The molecule has 1 aliphatic heterocycles. The van der Waals surface area contributed by atoms with Crippen LogP contribution < -0.4 is 5.32 Å². The maximum Gasteiger partial charge on any atom is 0.103 e. The third kappa shape index (κ3) is 2.79. The monoisotopic (exact) mass is 242 g/mol. The van der Waals surface area contributed by atoms with Gasteiger partial charge in [-0.1, -0.05) is 0 Å². The number of aryl methyl sites for hydroxylation is 2. The van der Waals surface area contributed by atoms with Gasteiger partial charge in [-0.3, -0.25) is 0 Å². The van der Waals surface area contributed by atoms with Gasteiger partial charge >= 0.3 is 0 Å². The molecule has 1 unspecified atom stereocenters. The largest absolute Gasteiger partial charge is 0.386 e. The zero-order valence-electron chi connectivity index (χ0n) is 9.75. The van der Waals surface area contributed by atoms with E-state index in [-0.39, 0.29) is 0 Å². The Hall–Kier alpha value is -0.490. The van der Waals surface area contributed by atoms with Crippen LogP contribution >= 0.6 is 11.3 Å². The highest BCUT2D eigenvalue weighted by Gasteiger charge is 2.31. The number of ether oxygens (including phenoxy) is 1. The highest BCUT2D eigenvalue weighted by molar-refractivity contribution is 7.11. The van der Waals surface area contributed by atoms with Gasteiger partial charge in [0.05, 0.1) is 17.3 Å². The van der Waals surface area contributed by atoms with Crippen molar-refractivity contribution in [3.63, 3.8) is 0 Å². The average molecular weight is 242 g/mol. The fourth-order valence-electron chi connectivity index (χ4n) is 1.88. The van der Waals surface area contributed by atoms with E-state index in [1.54, 1.807) is 11.3 Å². The summed E-state index contributed by atoms with van der Waals surface area (Å²) in [5.74, 6) is 0. The summed E-state index contributed by atoms with van der Waals surface area (Å²) in [6.07, 6.45) is 0.723. The van der Waals surface area contributed by atoms with Gasteiger partial charge in [-0.15, -0.1) is 11.3 Å². The Balaban J connectivity index is 1.81. The Morgan fingerprint density at radius 3 is 2.94 bits per heavy atom. The SMILES string of the molecule is Cc1nc(C)c(CNCC2(O)CCOC2)s1. The van der Waals surface area contributed by atoms with E-state index < -0.39 is 5.60 Å². The smallest absolute Gasteiger partial charge is 0.103 e. The minimum atomic E-state index is -0.673. The molecule has 1 atom stereocenters. The van der Waals surface area contributed by atoms with E-state index in [9.17, 15) is 5.11 Å². The first-order chi connectivity index (χ1) is 7.59. The van der Waals surface area contributed by atoms with E-state index >= 15 is 0 Å². The van der Waals surface area contributed by atoms with E-state index in [0.29, 0.717) is 19.8 Å². The van der Waals surface area contributed by atoms with Gasteiger partial charge in [0.15, 0.2) is 0 Å². The van der Waals surface area contributed by atoms with Crippen LogP contribution in [0.5, 0.6) is 0 Å². The van der Waals surface area contributed by atoms with Crippen molar-refractivity contribution in [3.05, 3.63) is 15.6 Å². The second-order valence-corrected chi connectivity index (χ2v) is 5.66. The number of hydrogen-bond donors (Lipinski definition) is 2. The molecular formula is C11H18N2O2S. The summed E-state index contributed by atoms with van der Waals surface area (Å²) in [6, 6.07) is 0. The number of rotatable bonds is 4. The second-order valence-electron chi connectivity index (χ2n) is 4.37. The predicted molar refractivity (Wildman–Crippen MR) is 63.7 cm³/mol. The summed E-state index contributed by atoms with van der Waals surface area (Å²) < 4.78 is 5.19. The van der Waals surface area contributed by atoms with Crippen LogP contribution in [0.3, 0.4) is 0 Å². The van der Waals surface area contributed by atoms with Crippen LogP contribution in [0.4, 0.5) is 0 Å². The summed E-state index contributed by atoms with van der Waals surface area (Å²) in [6.45, 7) is 6.51. The van der Waals surface area contributed by atoms with Gasteiger partial charge in [0.2, 0.25) is 0 Å². The summed E-state index contributed by atoms with van der Waals surface area (Å²) in [5.41, 5.74) is 0.415. The summed E-state index contributed by atoms with van der Waals surface area (Å²) in [5, 5.41) is 14.4. The fourth-order valence-corrected chi connectivity index (χ4v) is 2.79. The van der Waals surface area contributed by atoms with E-state index in [1.165, 1.54) is 4.88 Å². The molecule has 0 saturated carbocycles. The molecule has 1 fully saturated rings. The van der Waals surface area contributed by atoms with Crippen molar-refractivity contribution >= 4 is 11.3 Å². The molecule has 4 nitrogen and oxygen atoms in total. The standard InChI is InChI=1S/C11H18N2O2S/c1-8-10(16-9(2)13-8)5-12-6-11(14)3-4-15-7-11/h12,14H,3-7H2,1-2H3. The Morgan fingerprint density at radius 2 is 2.38 bits per heavy atom. The lowest BCUT2D eigenvalue weighted by Crippen LogP contribution is -2.40. The summed E-state index contributed by atoms with van der Waals surface area (Å²) >= 11 is 1.71.